The minimum Gasteiger partial charge on any atom is -0.383 e. The first-order valence-corrected chi connectivity index (χ1v) is 8.23. The van der Waals surface area contributed by atoms with Gasteiger partial charge in [0.25, 0.3) is 0 Å². The van der Waals surface area contributed by atoms with Crippen LogP contribution in [0.2, 0.25) is 0 Å². The Morgan fingerprint density at radius 2 is 1.87 bits per heavy atom. The van der Waals surface area contributed by atoms with Gasteiger partial charge < -0.3 is 10.2 Å². The van der Waals surface area contributed by atoms with Gasteiger partial charge in [0.2, 0.25) is 0 Å². The zero-order chi connectivity index (χ0) is 15.7. The second-order valence-corrected chi connectivity index (χ2v) is 6.84. The third kappa shape index (κ3) is 3.50. The third-order valence-electron chi connectivity index (χ3n) is 3.80. The van der Waals surface area contributed by atoms with Crippen LogP contribution in [0.25, 0.3) is 20.2 Å². The highest BCUT2D eigenvalue weighted by Crippen LogP contribution is 2.31. The third-order valence-corrected chi connectivity index (χ3v) is 5.11. The Bertz CT molecular complexity index is 889. The molecule has 0 radical (unpaired) electrons. The lowest BCUT2D eigenvalue weighted by atomic mass is 10.1. The van der Waals surface area contributed by atoms with Crippen molar-refractivity contribution in [1.82, 2.24) is 4.90 Å². The number of anilines is 1. The van der Waals surface area contributed by atoms with Crippen molar-refractivity contribution in [2.45, 2.75) is 6.92 Å². The van der Waals surface area contributed by atoms with Gasteiger partial charge in [0, 0.05) is 33.6 Å². The first kappa shape index (κ1) is 17.7. The second-order valence-electron chi connectivity index (χ2n) is 5.79. The number of benzene rings is 2. The fourth-order valence-electron chi connectivity index (χ4n) is 2.59. The van der Waals surface area contributed by atoms with E-state index >= 15 is 0 Å². The maximum Gasteiger partial charge on any atom is 0.197 e. The predicted molar refractivity (Wildman–Crippen MR) is 105 cm³/mol. The average molecular weight is 349 g/mol. The van der Waals surface area contributed by atoms with Crippen LogP contribution in [0.4, 0.5) is 5.69 Å². The molecule has 0 saturated heterocycles. The number of halogens is 1. The SMILES string of the molecule is Cc1ccc(NCCN(C)C)c2c(=O)c3ccccc3sc12.Cl. The van der Waals surface area contributed by atoms with Gasteiger partial charge in [-0.2, -0.15) is 0 Å². The number of rotatable bonds is 4. The molecular formula is C18H21ClN2OS. The van der Waals surface area contributed by atoms with E-state index in [0.29, 0.717) is 0 Å². The average Bonchev–Trinajstić information content (AvgIpc) is 2.50. The lowest BCUT2D eigenvalue weighted by Gasteiger charge is -2.14. The van der Waals surface area contributed by atoms with Crippen LogP contribution < -0.4 is 10.7 Å². The molecule has 0 bridgehead atoms. The second kappa shape index (κ2) is 7.30. The summed E-state index contributed by atoms with van der Waals surface area (Å²) in [6.45, 7) is 3.82. The molecule has 2 aromatic carbocycles. The summed E-state index contributed by atoms with van der Waals surface area (Å²) < 4.78 is 2.13. The fraction of sp³-hybridized carbons (Fsp3) is 0.278. The van der Waals surface area contributed by atoms with Crippen LogP contribution in [0.5, 0.6) is 0 Å². The van der Waals surface area contributed by atoms with E-state index in [-0.39, 0.29) is 17.8 Å². The number of aryl methyl sites for hydroxylation is 1. The number of hydrogen-bond acceptors (Lipinski definition) is 4. The summed E-state index contributed by atoms with van der Waals surface area (Å²) in [5.74, 6) is 0. The fourth-order valence-corrected chi connectivity index (χ4v) is 3.76. The van der Waals surface area contributed by atoms with Crippen LogP contribution in [0, 0.1) is 6.92 Å². The molecule has 0 saturated carbocycles. The molecule has 3 nitrogen and oxygen atoms in total. The first-order valence-electron chi connectivity index (χ1n) is 7.41. The molecule has 1 aromatic heterocycles. The molecule has 0 unspecified atom stereocenters. The van der Waals surface area contributed by atoms with E-state index < -0.39 is 0 Å². The smallest absolute Gasteiger partial charge is 0.197 e. The molecule has 3 rings (SSSR count). The minimum absolute atomic E-state index is 0. The quantitative estimate of drug-likeness (QED) is 0.720. The molecule has 3 aromatic rings. The number of likely N-dealkylation sites (N-methyl/N-ethyl adjacent to an activating group) is 1. The van der Waals surface area contributed by atoms with E-state index in [4.69, 9.17) is 0 Å². The van der Waals surface area contributed by atoms with Crippen molar-refractivity contribution in [3.05, 3.63) is 52.2 Å². The van der Waals surface area contributed by atoms with E-state index in [0.717, 1.165) is 44.5 Å². The number of nitrogens with zero attached hydrogens (tertiary/aromatic N) is 1. The van der Waals surface area contributed by atoms with E-state index in [1.54, 1.807) is 11.3 Å². The molecule has 1 heterocycles. The lowest BCUT2D eigenvalue weighted by molar-refractivity contribution is 0.425. The van der Waals surface area contributed by atoms with E-state index in [9.17, 15) is 4.79 Å². The maximum atomic E-state index is 12.9. The highest BCUT2D eigenvalue weighted by molar-refractivity contribution is 7.24. The Kier molecular flexibility index (Phi) is 5.63. The zero-order valence-corrected chi connectivity index (χ0v) is 15.2. The van der Waals surface area contributed by atoms with Gasteiger partial charge in [0.15, 0.2) is 5.43 Å². The van der Waals surface area contributed by atoms with Crippen LogP contribution in [0.1, 0.15) is 5.56 Å². The van der Waals surface area contributed by atoms with Crippen molar-refractivity contribution in [3.63, 3.8) is 0 Å². The summed E-state index contributed by atoms with van der Waals surface area (Å²) in [7, 11) is 4.09. The Labute approximate surface area is 146 Å². The Morgan fingerprint density at radius 1 is 1.13 bits per heavy atom. The van der Waals surface area contributed by atoms with E-state index in [1.165, 1.54) is 0 Å². The largest absolute Gasteiger partial charge is 0.383 e. The molecule has 5 heteroatoms. The molecular weight excluding hydrogens is 328 g/mol. The Balaban J connectivity index is 0.00000192. The summed E-state index contributed by atoms with van der Waals surface area (Å²) in [4.78, 5) is 15.0. The monoisotopic (exact) mass is 348 g/mol. The first-order chi connectivity index (χ1) is 10.6. The van der Waals surface area contributed by atoms with Gasteiger partial charge >= 0.3 is 0 Å². The van der Waals surface area contributed by atoms with Crippen LogP contribution in [-0.4, -0.2) is 32.1 Å². The van der Waals surface area contributed by atoms with E-state index in [2.05, 4.69) is 23.2 Å². The number of hydrogen-bond donors (Lipinski definition) is 1. The molecule has 23 heavy (non-hydrogen) atoms. The van der Waals surface area contributed by atoms with Crippen molar-refractivity contribution in [2.75, 3.05) is 32.5 Å². The van der Waals surface area contributed by atoms with Crippen LogP contribution in [0.15, 0.2) is 41.2 Å². The van der Waals surface area contributed by atoms with Gasteiger partial charge in [0.05, 0.1) is 5.39 Å². The topological polar surface area (TPSA) is 32.3 Å². The standard InChI is InChI=1S/C18H20N2OS.ClH/c1-12-8-9-14(19-10-11-20(2)3)16-17(21)13-6-4-5-7-15(13)22-18(12)16;/h4-9,19H,10-11H2,1-3H3;1H. The molecule has 0 aliphatic heterocycles. The highest BCUT2D eigenvalue weighted by atomic mass is 35.5. The van der Waals surface area contributed by atoms with Gasteiger partial charge in [-0.1, -0.05) is 18.2 Å². The van der Waals surface area contributed by atoms with Gasteiger partial charge in [-0.15, -0.1) is 23.7 Å². The zero-order valence-electron chi connectivity index (χ0n) is 13.6. The summed E-state index contributed by atoms with van der Waals surface area (Å²) in [5, 5.41) is 5.05. The number of fused-ring (bicyclic) bond motifs is 2. The molecule has 0 aliphatic carbocycles. The molecule has 0 spiro atoms. The Morgan fingerprint density at radius 3 is 2.61 bits per heavy atom. The molecule has 0 fully saturated rings. The van der Waals surface area contributed by atoms with Gasteiger partial charge in [-0.3, -0.25) is 4.79 Å². The van der Waals surface area contributed by atoms with Crippen molar-refractivity contribution >= 4 is 49.6 Å². The summed E-state index contributed by atoms with van der Waals surface area (Å²) in [6, 6.07) is 12.0. The Hall–Kier alpha value is -1.62. The minimum atomic E-state index is 0. The van der Waals surface area contributed by atoms with Gasteiger partial charge in [0.1, 0.15) is 0 Å². The summed E-state index contributed by atoms with van der Waals surface area (Å²) in [5.41, 5.74) is 2.22. The van der Waals surface area contributed by atoms with Crippen molar-refractivity contribution in [2.24, 2.45) is 0 Å². The van der Waals surface area contributed by atoms with Crippen molar-refractivity contribution < 1.29 is 0 Å². The number of nitrogens with one attached hydrogen (secondary N) is 1. The van der Waals surface area contributed by atoms with Crippen molar-refractivity contribution in [3.8, 4) is 0 Å². The predicted octanol–water partition coefficient (Wildman–Crippen LogP) is 4.12. The van der Waals surface area contributed by atoms with Gasteiger partial charge in [-0.25, -0.2) is 0 Å². The van der Waals surface area contributed by atoms with Crippen LogP contribution in [-0.2, 0) is 0 Å². The molecule has 122 valence electrons. The molecule has 0 aliphatic rings. The maximum absolute atomic E-state index is 12.9. The van der Waals surface area contributed by atoms with Gasteiger partial charge in [-0.05, 0) is 44.8 Å². The summed E-state index contributed by atoms with van der Waals surface area (Å²) in [6.07, 6.45) is 0. The highest BCUT2D eigenvalue weighted by Gasteiger charge is 2.11. The van der Waals surface area contributed by atoms with Crippen LogP contribution in [0.3, 0.4) is 0 Å². The molecule has 0 atom stereocenters. The normalized spacial score (nSPS) is 11.0. The van der Waals surface area contributed by atoms with Crippen molar-refractivity contribution in [1.29, 1.82) is 0 Å². The molecule has 1 N–H and O–H groups in total. The van der Waals surface area contributed by atoms with E-state index in [1.807, 2.05) is 44.4 Å². The van der Waals surface area contributed by atoms with Crippen LogP contribution >= 0.6 is 23.7 Å². The molecule has 0 amide bonds. The lowest BCUT2D eigenvalue weighted by Crippen LogP contribution is -2.21. The summed E-state index contributed by atoms with van der Waals surface area (Å²) >= 11 is 1.70.